The third-order valence-electron chi connectivity index (χ3n) is 4.70. The van der Waals surface area contributed by atoms with Gasteiger partial charge in [0.1, 0.15) is 0 Å². The molecule has 3 aromatic rings. The summed E-state index contributed by atoms with van der Waals surface area (Å²) in [7, 11) is 1.92. The lowest BCUT2D eigenvalue weighted by Gasteiger charge is -2.12. The maximum absolute atomic E-state index is 12.7. The first-order valence-electron chi connectivity index (χ1n) is 9.46. The highest BCUT2D eigenvalue weighted by atomic mass is 35.5. The number of nitrogens with zero attached hydrogens (tertiary/aromatic N) is 3. The van der Waals surface area contributed by atoms with Gasteiger partial charge in [-0.05, 0) is 62.2 Å². The van der Waals surface area contributed by atoms with Gasteiger partial charge in [-0.25, -0.2) is 0 Å². The number of hydrogen-bond acceptors (Lipinski definition) is 3. The molecule has 0 saturated carbocycles. The number of aliphatic imine (C=N–C) groups is 1. The summed E-state index contributed by atoms with van der Waals surface area (Å²) in [6.45, 7) is 4.50. The average Bonchev–Trinajstić information content (AvgIpc) is 2.94. The molecule has 2 aromatic carbocycles. The standard InChI is InChI=1S/C22H23Cl2N5O/c1-14-20(15(2)29(3)28-14)10-11-25-22(26-19-9-5-8-18(24)13-19)27-21(30)16-6-4-7-17(23)12-16/h4-9,12-13H,10-11H2,1-3H3,(H2,25,26,27,30). The van der Waals surface area contributed by atoms with Crippen molar-refractivity contribution in [3.63, 3.8) is 0 Å². The van der Waals surface area contributed by atoms with Gasteiger partial charge in [-0.15, -0.1) is 0 Å². The van der Waals surface area contributed by atoms with Gasteiger partial charge >= 0.3 is 0 Å². The molecule has 0 spiro atoms. The maximum atomic E-state index is 12.7. The van der Waals surface area contributed by atoms with E-state index >= 15 is 0 Å². The monoisotopic (exact) mass is 443 g/mol. The Labute approximate surface area is 185 Å². The molecule has 30 heavy (non-hydrogen) atoms. The molecule has 0 fully saturated rings. The Balaban J connectivity index is 1.79. The normalized spacial score (nSPS) is 11.4. The van der Waals surface area contributed by atoms with E-state index in [9.17, 15) is 4.79 Å². The highest BCUT2D eigenvalue weighted by Gasteiger charge is 2.12. The summed E-state index contributed by atoms with van der Waals surface area (Å²) < 4.78 is 1.86. The Kier molecular flexibility index (Phi) is 7.13. The Morgan fingerprint density at radius 2 is 1.80 bits per heavy atom. The van der Waals surface area contributed by atoms with Crippen LogP contribution in [0.25, 0.3) is 0 Å². The van der Waals surface area contributed by atoms with Crippen LogP contribution in [0.3, 0.4) is 0 Å². The fourth-order valence-corrected chi connectivity index (χ4v) is 3.46. The van der Waals surface area contributed by atoms with Crippen LogP contribution in [0.4, 0.5) is 5.69 Å². The predicted molar refractivity (Wildman–Crippen MR) is 123 cm³/mol. The quantitative estimate of drug-likeness (QED) is 0.439. The van der Waals surface area contributed by atoms with Crippen molar-refractivity contribution in [2.75, 3.05) is 11.9 Å². The van der Waals surface area contributed by atoms with Crippen molar-refractivity contribution >= 4 is 40.8 Å². The van der Waals surface area contributed by atoms with Crippen LogP contribution >= 0.6 is 23.2 Å². The van der Waals surface area contributed by atoms with E-state index in [2.05, 4.69) is 20.7 Å². The fourth-order valence-electron chi connectivity index (χ4n) is 3.08. The zero-order chi connectivity index (χ0) is 21.7. The minimum atomic E-state index is -0.306. The summed E-state index contributed by atoms with van der Waals surface area (Å²) in [5.41, 5.74) is 4.42. The predicted octanol–water partition coefficient (Wildman–Crippen LogP) is 4.78. The lowest BCUT2D eigenvalue weighted by atomic mass is 10.1. The zero-order valence-corrected chi connectivity index (χ0v) is 18.6. The number of hydrogen-bond donors (Lipinski definition) is 2. The lowest BCUT2D eigenvalue weighted by molar-refractivity contribution is 0.0977. The molecule has 0 radical (unpaired) electrons. The van der Waals surface area contributed by atoms with E-state index in [1.807, 2.05) is 37.7 Å². The number of aromatic nitrogens is 2. The molecule has 1 heterocycles. The summed E-state index contributed by atoms with van der Waals surface area (Å²) >= 11 is 12.1. The molecule has 2 N–H and O–H groups in total. The molecule has 1 amide bonds. The first-order chi connectivity index (χ1) is 14.3. The van der Waals surface area contributed by atoms with Crippen molar-refractivity contribution in [2.45, 2.75) is 20.3 Å². The molecule has 0 aliphatic carbocycles. The number of carbonyl (C=O) groups is 1. The van der Waals surface area contributed by atoms with E-state index in [4.69, 9.17) is 23.2 Å². The van der Waals surface area contributed by atoms with Gasteiger partial charge in [0.2, 0.25) is 5.96 Å². The minimum Gasteiger partial charge on any atom is -0.326 e. The van der Waals surface area contributed by atoms with Crippen LogP contribution in [0.1, 0.15) is 27.3 Å². The van der Waals surface area contributed by atoms with Crippen molar-refractivity contribution in [3.05, 3.63) is 81.1 Å². The molecule has 8 heteroatoms. The number of carbonyl (C=O) groups excluding carboxylic acids is 1. The lowest BCUT2D eigenvalue weighted by Crippen LogP contribution is -2.36. The van der Waals surface area contributed by atoms with Gasteiger partial charge in [0.25, 0.3) is 5.91 Å². The molecule has 0 saturated heterocycles. The molecule has 6 nitrogen and oxygen atoms in total. The number of aryl methyl sites for hydroxylation is 2. The zero-order valence-electron chi connectivity index (χ0n) is 17.0. The molecule has 1 aromatic heterocycles. The fraction of sp³-hybridized carbons (Fsp3) is 0.227. The molecule has 0 aliphatic rings. The van der Waals surface area contributed by atoms with Crippen LogP contribution < -0.4 is 10.6 Å². The van der Waals surface area contributed by atoms with Crippen molar-refractivity contribution in [1.29, 1.82) is 0 Å². The van der Waals surface area contributed by atoms with Gasteiger partial charge in [-0.2, -0.15) is 5.10 Å². The van der Waals surface area contributed by atoms with Crippen LogP contribution in [-0.2, 0) is 13.5 Å². The second-order valence-corrected chi connectivity index (χ2v) is 7.73. The molecular formula is C22H23Cl2N5O. The van der Waals surface area contributed by atoms with E-state index in [1.165, 1.54) is 0 Å². The van der Waals surface area contributed by atoms with E-state index in [0.29, 0.717) is 34.5 Å². The van der Waals surface area contributed by atoms with Gasteiger partial charge < -0.3 is 5.32 Å². The van der Waals surface area contributed by atoms with Gasteiger partial charge in [0.15, 0.2) is 0 Å². The van der Waals surface area contributed by atoms with Crippen LogP contribution in [-0.4, -0.2) is 28.2 Å². The topological polar surface area (TPSA) is 71.3 Å². The molecule has 3 rings (SSSR count). The third kappa shape index (κ3) is 5.62. The molecule has 156 valence electrons. The van der Waals surface area contributed by atoms with Gasteiger partial charge in [-0.1, -0.05) is 35.3 Å². The van der Waals surface area contributed by atoms with Gasteiger partial charge in [-0.3, -0.25) is 19.8 Å². The molecule has 0 unspecified atom stereocenters. The maximum Gasteiger partial charge on any atom is 0.258 e. The van der Waals surface area contributed by atoms with E-state index in [0.717, 1.165) is 22.6 Å². The number of halogens is 2. The number of guanidine groups is 1. The van der Waals surface area contributed by atoms with Crippen molar-refractivity contribution in [2.24, 2.45) is 12.0 Å². The van der Waals surface area contributed by atoms with E-state index in [1.54, 1.807) is 36.4 Å². The first-order valence-corrected chi connectivity index (χ1v) is 10.2. The number of amides is 1. The molecule has 0 aliphatic heterocycles. The van der Waals surface area contributed by atoms with E-state index < -0.39 is 0 Å². The highest BCUT2D eigenvalue weighted by Crippen LogP contribution is 2.16. The van der Waals surface area contributed by atoms with Gasteiger partial charge in [0.05, 0.1) is 5.69 Å². The molecular weight excluding hydrogens is 421 g/mol. The summed E-state index contributed by atoms with van der Waals surface area (Å²) in [4.78, 5) is 17.3. The van der Waals surface area contributed by atoms with Crippen LogP contribution in [0.5, 0.6) is 0 Å². The summed E-state index contributed by atoms with van der Waals surface area (Å²) in [5, 5.41) is 11.5. The minimum absolute atomic E-state index is 0.306. The smallest absolute Gasteiger partial charge is 0.258 e. The van der Waals surface area contributed by atoms with Crippen molar-refractivity contribution in [1.82, 2.24) is 15.1 Å². The Bertz CT molecular complexity index is 1090. The number of anilines is 1. The Morgan fingerprint density at radius 1 is 1.10 bits per heavy atom. The van der Waals surface area contributed by atoms with Crippen LogP contribution in [0.15, 0.2) is 53.5 Å². The van der Waals surface area contributed by atoms with E-state index in [-0.39, 0.29) is 5.91 Å². The van der Waals surface area contributed by atoms with Crippen LogP contribution in [0.2, 0.25) is 10.0 Å². The number of benzene rings is 2. The Hall–Kier alpha value is -2.83. The summed E-state index contributed by atoms with van der Waals surface area (Å²) in [5.74, 6) is 0.0287. The third-order valence-corrected chi connectivity index (χ3v) is 5.17. The van der Waals surface area contributed by atoms with Crippen LogP contribution in [0, 0.1) is 13.8 Å². The second-order valence-electron chi connectivity index (χ2n) is 6.85. The molecule has 0 bridgehead atoms. The first kappa shape index (κ1) is 21.9. The number of nitrogens with one attached hydrogen (secondary N) is 2. The van der Waals surface area contributed by atoms with Crippen molar-refractivity contribution in [3.8, 4) is 0 Å². The SMILES string of the molecule is Cc1nn(C)c(C)c1CCN=C(NC(=O)c1cccc(Cl)c1)Nc1cccc(Cl)c1. The van der Waals surface area contributed by atoms with Gasteiger partial charge in [0, 0.05) is 40.6 Å². The largest absolute Gasteiger partial charge is 0.326 e. The summed E-state index contributed by atoms with van der Waals surface area (Å²) in [6, 6.07) is 14.0. The number of rotatable bonds is 5. The average molecular weight is 444 g/mol. The second kappa shape index (κ2) is 9.78. The Morgan fingerprint density at radius 3 is 2.43 bits per heavy atom. The molecule has 0 atom stereocenters. The highest BCUT2D eigenvalue weighted by molar-refractivity contribution is 6.31. The van der Waals surface area contributed by atoms with Crippen molar-refractivity contribution < 1.29 is 4.79 Å². The summed E-state index contributed by atoms with van der Waals surface area (Å²) in [6.07, 6.45) is 0.708.